The van der Waals surface area contributed by atoms with E-state index < -0.39 is 0 Å². The van der Waals surface area contributed by atoms with Crippen molar-refractivity contribution in [2.45, 2.75) is 26.5 Å². The number of ether oxygens (including phenoxy) is 1. The van der Waals surface area contributed by atoms with Crippen LogP contribution in [-0.2, 0) is 6.61 Å². The van der Waals surface area contributed by atoms with E-state index in [9.17, 15) is 10.1 Å². The van der Waals surface area contributed by atoms with Crippen LogP contribution in [0.1, 0.15) is 29.3 Å². The summed E-state index contributed by atoms with van der Waals surface area (Å²) >= 11 is 7.28. The number of carbonyl (C=O) groups is 1. The van der Waals surface area contributed by atoms with Crippen molar-refractivity contribution in [2.24, 2.45) is 5.92 Å². The monoisotopic (exact) mass is 418 g/mol. The Hall–Kier alpha value is -2.14. The predicted molar refractivity (Wildman–Crippen MR) is 110 cm³/mol. The molecule has 1 aromatic heterocycles. The lowest BCUT2D eigenvalue weighted by molar-refractivity contribution is 0.0572. The van der Waals surface area contributed by atoms with Crippen molar-refractivity contribution < 1.29 is 9.53 Å². The number of nitriles is 1. The van der Waals surface area contributed by atoms with Gasteiger partial charge >= 0.3 is 0 Å². The molecule has 28 heavy (non-hydrogen) atoms. The maximum Gasteiger partial charge on any atom is 0.273 e. The van der Waals surface area contributed by atoms with Gasteiger partial charge in [0.1, 0.15) is 29.1 Å². The Bertz CT molecular complexity index is 839. The van der Waals surface area contributed by atoms with E-state index in [1.165, 1.54) is 11.3 Å². The summed E-state index contributed by atoms with van der Waals surface area (Å²) in [6.07, 6.45) is 0. The Balaban J connectivity index is 1.53. The zero-order chi connectivity index (χ0) is 20.1. The van der Waals surface area contributed by atoms with Crippen LogP contribution in [0, 0.1) is 17.2 Å². The maximum atomic E-state index is 12.7. The topological polar surface area (TPSA) is 69.5 Å². The molecular weight excluding hydrogens is 396 g/mol. The van der Waals surface area contributed by atoms with Gasteiger partial charge in [-0.2, -0.15) is 5.26 Å². The number of thiazole rings is 1. The van der Waals surface area contributed by atoms with Crippen LogP contribution in [0.25, 0.3) is 0 Å². The number of aromatic nitrogens is 1. The number of hydrogen-bond donors (Lipinski definition) is 0. The van der Waals surface area contributed by atoms with Crippen molar-refractivity contribution in [2.75, 3.05) is 26.2 Å². The number of benzene rings is 1. The Morgan fingerprint density at radius 3 is 2.57 bits per heavy atom. The summed E-state index contributed by atoms with van der Waals surface area (Å²) in [6.45, 7) is 7.04. The van der Waals surface area contributed by atoms with Crippen molar-refractivity contribution in [3.8, 4) is 11.8 Å². The van der Waals surface area contributed by atoms with E-state index in [0.29, 0.717) is 49.3 Å². The van der Waals surface area contributed by atoms with Crippen LogP contribution in [0.2, 0.25) is 5.02 Å². The molecule has 1 saturated heterocycles. The Morgan fingerprint density at radius 2 is 1.96 bits per heavy atom. The fourth-order valence-electron chi connectivity index (χ4n) is 3.17. The minimum absolute atomic E-state index is 0.0632. The predicted octanol–water partition coefficient (Wildman–Crippen LogP) is 3.68. The van der Waals surface area contributed by atoms with Crippen molar-refractivity contribution >= 4 is 28.8 Å². The second-order valence-electron chi connectivity index (χ2n) is 7.02. The third-order valence-electron chi connectivity index (χ3n) is 4.71. The highest BCUT2D eigenvalue weighted by Crippen LogP contribution is 2.20. The highest BCUT2D eigenvalue weighted by atomic mass is 35.5. The summed E-state index contributed by atoms with van der Waals surface area (Å²) in [5, 5.41) is 12.5. The van der Waals surface area contributed by atoms with Gasteiger partial charge < -0.3 is 9.64 Å². The first-order valence-electron chi connectivity index (χ1n) is 9.23. The number of carbonyl (C=O) groups excluding carboxylic acids is 1. The van der Waals surface area contributed by atoms with E-state index in [4.69, 9.17) is 16.3 Å². The van der Waals surface area contributed by atoms with Gasteiger partial charge in [0.15, 0.2) is 0 Å². The van der Waals surface area contributed by atoms with E-state index in [1.807, 2.05) is 18.7 Å². The van der Waals surface area contributed by atoms with E-state index in [1.54, 1.807) is 29.6 Å². The van der Waals surface area contributed by atoms with E-state index in [-0.39, 0.29) is 17.9 Å². The van der Waals surface area contributed by atoms with Crippen LogP contribution in [0.4, 0.5) is 0 Å². The maximum absolute atomic E-state index is 12.7. The molecule has 1 unspecified atom stereocenters. The quantitative estimate of drug-likeness (QED) is 0.715. The van der Waals surface area contributed by atoms with Gasteiger partial charge in [-0.3, -0.25) is 9.69 Å². The van der Waals surface area contributed by atoms with Crippen molar-refractivity contribution in [1.29, 1.82) is 5.26 Å². The molecule has 0 saturated carbocycles. The van der Waals surface area contributed by atoms with Gasteiger partial charge in [-0.05, 0) is 30.2 Å². The number of hydrogen-bond acceptors (Lipinski definition) is 6. The fraction of sp³-hybridized carbons (Fsp3) is 0.450. The zero-order valence-corrected chi connectivity index (χ0v) is 17.5. The largest absolute Gasteiger partial charge is 0.486 e. The van der Waals surface area contributed by atoms with Gasteiger partial charge in [0, 0.05) is 36.6 Å². The van der Waals surface area contributed by atoms with Gasteiger partial charge in [-0.15, -0.1) is 11.3 Å². The molecule has 0 radical (unpaired) electrons. The molecule has 6 nitrogen and oxygen atoms in total. The normalized spacial score (nSPS) is 16.0. The second kappa shape index (κ2) is 9.37. The van der Waals surface area contributed by atoms with E-state index in [2.05, 4.69) is 16.0 Å². The minimum atomic E-state index is -0.104. The van der Waals surface area contributed by atoms with Gasteiger partial charge in [0.25, 0.3) is 5.91 Å². The van der Waals surface area contributed by atoms with Crippen LogP contribution in [0.15, 0.2) is 29.6 Å². The van der Waals surface area contributed by atoms with Gasteiger partial charge in [-0.25, -0.2) is 4.98 Å². The summed E-state index contributed by atoms with van der Waals surface area (Å²) in [4.78, 5) is 21.1. The smallest absolute Gasteiger partial charge is 0.273 e. The fourth-order valence-corrected chi connectivity index (χ4v) is 3.97. The summed E-state index contributed by atoms with van der Waals surface area (Å²) in [5.41, 5.74) is 0.453. The first kappa shape index (κ1) is 20.6. The summed E-state index contributed by atoms with van der Waals surface area (Å²) < 4.78 is 5.69. The lowest BCUT2D eigenvalue weighted by Crippen LogP contribution is -2.52. The van der Waals surface area contributed by atoms with Gasteiger partial charge in [0.05, 0.1) is 6.07 Å². The van der Waals surface area contributed by atoms with E-state index >= 15 is 0 Å². The van der Waals surface area contributed by atoms with Crippen LogP contribution in [0.3, 0.4) is 0 Å². The highest BCUT2D eigenvalue weighted by Gasteiger charge is 2.28. The number of amides is 1. The average molecular weight is 419 g/mol. The molecule has 0 N–H and O–H groups in total. The SMILES string of the molecule is CC(C)C(C#N)N1CCN(C(=O)c2csc(COc3ccc(Cl)cc3)n2)CC1. The number of rotatable bonds is 6. The first-order chi connectivity index (χ1) is 13.5. The van der Waals surface area contributed by atoms with E-state index in [0.717, 1.165) is 5.01 Å². The number of halogens is 1. The number of nitrogens with zero attached hydrogens (tertiary/aromatic N) is 4. The molecule has 3 rings (SSSR count). The average Bonchev–Trinajstić information content (AvgIpc) is 3.17. The number of piperazine rings is 1. The highest BCUT2D eigenvalue weighted by molar-refractivity contribution is 7.09. The molecule has 148 valence electrons. The molecule has 1 aromatic carbocycles. The lowest BCUT2D eigenvalue weighted by atomic mass is 10.0. The molecule has 8 heteroatoms. The molecule has 1 aliphatic rings. The molecule has 2 heterocycles. The first-order valence-corrected chi connectivity index (χ1v) is 10.5. The van der Waals surface area contributed by atoms with Crippen LogP contribution >= 0.6 is 22.9 Å². The zero-order valence-electron chi connectivity index (χ0n) is 16.0. The van der Waals surface area contributed by atoms with Gasteiger partial charge in [0.2, 0.25) is 0 Å². The molecule has 1 fully saturated rings. The summed E-state index contributed by atoms with van der Waals surface area (Å²) in [7, 11) is 0. The van der Waals surface area contributed by atoms with Crippen molar-refractivity contribution in [1.82, 2.24) is 14.8 Å². The Labute approximate surface area is 174 Å². The molecule has 0 aliphatic carbocycles. The summed E-state index contributed by atoms with van der Waals surface area (Å²) in [5.74, 6) is 0.918. The molecule has 1 aliphatic heterocycles. The molecule has 0 spiro atoms. The third-order valence-corrected chi connectivity index (χ3v) is 5.78. The van der Waals surface area contributed by atoms with Crippen molar-refractivity contribution in [3.63, 3.8) is 0 Å². The standard InChI is InChI=1S/C20H23ClN4O2S/c1-14(2)18(11-22)24-7-9-25(10-8-24)20(26)17-13-28-19(23-17)12-27-16-5-3-15(21)4-6-16/h3-6,13-14,18H,7-10,12H2,1-2H3. The molecule has 1 amide bonds. The molecule has 2 aromatic rings. The Morgan fingerprint density at radius 1 is 1.29 bits per heavy atom. The van der Waals surface area contributed by atoms with Crippen LogP contribution < -0.4 is 4.74 Å². The van der Waals surface area contributed by atoms with Crippen LogP contribution in [0.5, 0.6) is 5.75 Å². The molecule has 0 bridgehead atoms. The lowest BCUT2D eigenvalue weighted by Gasteiger charge is -2.37. The molecule has 1 atom stereocenters. The van der Waals surface area contributed by atoms with Gasteiger partial charge in [-0.1, -0.05) is 25.4 Å². The van der Waals surface area contributed by atoms with Crippen molar-refractivity contribution in [3.05, 3.63) is 45.4 Å². The second-order valence-corrected chi connectivity index (χ2v) is 8.39. The molecular formula is C20H23ClN4O2S. The summed E-state index contributed by atoms with van der Waals surface area (Å²) in [6, 6.07) is 9.40. The van der Waals surface area contributed by atoms with Crippen LogP contribution in [-0.4, -0.2) is 52.9 Å². The Kier molecular flexibility index (Phi) is 6.89. The third kappa shape index (κ3) is 5.02. The minimum Gasteiger partial charge on any atom is -0.486 e.